The number of pyridine rings is 1. The van der Waals surface area contributed by atoms with Crippen molar-refractivity contribution < 1.29 is 9.13 Å². The molecular formula is C26H30FN7O. The molecule has 182 valence electrons. The lowest BCUT2D eigenvalue weighted by Crippen LogP contribution is -2.26. The topological polar surface area (TPSA) is 105 Å². The van der Waals surface area contributed by atoms with Gasteiger partial charge in [0.2, 0.25) is 0 Å². The van der Waals surface area contributed by atoms with E-state index in [2.05, 4.69) is 21.3 Å². The summed E-state index contributed by atoms with van der Waals surface area (Å²) in [7, 11) is 3.99. The Labute approximate surface area is 204 Å². The van der Waals surface area contributed by atoms with E-state index in [0.29, 0.717) is 36.5 Å². The van der Waals surface area contributed by atoms with E-state index in [0.717, 1.165) is 34.8 Å². The van der Waals surface area contributed by atoms with Crippen molar-refractivity contribution in [3.05, 3.63) is 82.1 Å². The molecule has 0 saturated carbocycles. The summed E-state index contributed by atoms with van der Waals surface area (Å²) in [6.45, 7) is 5.45. The molecule has 0 spiro atoms. The lowest BCUT2D eigenvalue weighted by Gasteiger charge is -2.21. The zero-order valence-corrected chi connectivity index (χ0v) is 20.5. The van der Waals surface area contributed by atoms with Crippen molar-refractivity contribution >= 4 is 5.57 Å². The molecule has 1 aromatic carbocycles. The lowest BCUT2D eigenvalue weighted by atomic mass is 10.0. The Morgan fingerprint density at radius 3 is 2.83 bits per heavy atom. The highest BCUT2D eigenvalue weighted by atomic mass is 19.1. The number of imidazole rings is 1. The van der Waals surface area contributed by atoms with E-state index in [-0.39, 0.29) is 17.7 Å². The summed E-state index contributed by atoms with van der Waals surface area (Å²) in [5.41, 5.74) is 11.1. The Hall–Kier alpha value is -3.74. The van der Waals surface area contributed by atoms with Crippen LogP contribution in [0.25, 0.3) is 5.57 Å². The summed E-state index contributed by atoms with van der Waals surface area (Å²) < 4.78 is 22.0. The van der Waals surface area contributed by atoms with Crippen LogP contribution in [-0.2, 0) is 19.5 Å². The average molecular weight is 476 g/mol. The van der Waals surface area contributed by atoms with Crippen LogP contribution < -0.4 is 15.8 Å². The second-order valence-electron chi connectivity index (χ2n) is 8.88. The highest BCUT2D eigenvalue weighted by Crippen LogP contribution is 2.31. The number of nitriles is 1. The highest BCUT2D eigenvalue weighted by molar-refractivity contribution is 5.77. The molecule has 1 aliphatic heterocycles. The molecule has 1 atom stereocenters. The van der Waals surface area contributed by atoms with Crippen LogP contribution >= 0.6 is 0 Å². The fourth-order valence-electron chi connectivity index (χ4n) is 4.39. The summed E-state index contributed by atoms with van der Waals surface area (Å²) in [5.74, 6) is 1.01. The van der Waals surface area contributed by atoms with Crippen LogP contribution in [0.2, 0.25) is 0 Å². The summed E-state index contributed by atoms with van der Waals surface area (Å²) in [6.07, 6.45) is 3.55. The third-order valence-electron chi connectivity index (χ3n) is 6.10. The van der Waals surface area contributed by atoms with Gasteiger partial charge in [-0.2, -0.15) is 5.26 Å². The fraction of sp³-hybridized carbons (Fsp3) is 0.346. The largest absolute Gasteiger partial charge is 0.493 e. The van der Waals surface area contributed by atoms with Gasteiger partial charge in [-0.1, -0.05) is 6.07 Å². The molecule has 9 heteroatoms. The van der Waals surface area contributed by atoms with E-state index in [1.165, 1.54) is 12.3 Å². The van der Waals surface area contributed by atoms with Gasteiger partial charge in [-0.15, -0.1) is 0 Å². The fourth-order valence-corrected chi connectivity index (χ4v) is 4.39. The SMILES string of the molecule is Cc1nc(CN(C)C)ccc1/C(=C/N)c1nc(C#N)cn1C(C)NCc1c(F)ccc2c1CCO2. The molecule has 1 aliphatic rings. The Morgan fingerprint density at radius 1 is 1.34 bits per heavy atom. The second-order valence-corrected chi connectivity index (χ2v) is 8.88. The molecule has 4 rings (SSSR count). The molecule has 0 fully saturated rings. The van der Waals surface area contributed by atoms with Crippen molar-refractivity contribution in [3.63, 3.8) is 0 Å². The maximum Gasteiger partial charge on any atom is 0.159 e. The molecule has 35 heavy (non-hydrogen) atoms. The first-order chi connectivity index (χ1) is 16.8. The van der Waals surface area contributed by atoms with Crippen molar-refractivity contribution in [2.45, 2.75) is 39.5 Å². The first kappa shape index (κ1) is 24.4. The monoisotopic (exact) mass is 475 g/mol. The van der Waals surface area contributed by atoms with Crippen LogP contribution in [0.1, 0.15) is 52.7 Å². The van der Waals surface area contributed by atoms with Crippen molar-refractivity contribution in [2.75, 3.05) is 20.7 Å². The van der Waals surface area contributed by atoms with Crippen LogP contribution in [0.4, 0.5) is 4.39 Å². The number of fused-ring (bicyclic) bond motifs is 1. The second kappa shape index (κ2) is 10.3. The number of hydrogen-bond acceptors (Lipinski definition) is 7. The number of nitrogens with two attached hydrogens (primary N) is 1. The lowest BCUT2D eigenvalue weighted by molar-refractivity contribution is 0.356. The van der Waals surface area contributed by atoms with Gasteiger partial charge in [-0.3, -0.25) is 10.3 Å². The molecule has 2 aromatic heterocycles. The minimum Gasteiger partial charge on any atom is -0.493 e. The van der Waals surface area contributed by atoms with Crippen molar-refractivity contribution in [1.29, 1.82) is 5.26 Å². The van der Waals surface area contributed by atoms with Crippen LogP contribution in [0, 0.1) is 24.1 Å². The highest BCUT2D eigenvalue weighted by Gasteiger charge is 2.22. The van der Waals surface area contributed by atoms with E-state index in [4.69, 9.17) is 15.5 Å². The van der Waals surface area contributed by atoms with E-state index in [1.54, 1.807) is 12.3 Å². The third-order valence-corrected chi connectivity index (χ3v) is 6.10. The van der Waals surface area contributed by atoms with Gasteiger partial charge in [0, 0.05) is 59.9 Å². The van der Waals surface area contributed by atoms with Crippen molar-refractivity contribution in [2.24, 2.45) is 5.73 Å². The standard InChI is InChI=1S/C26H30FN7O/c1-16-20(6-5-18(31-16)14-33(3)4)22(12-29)26-32-19(11-28)15-34(26)17(2)30-13-23-21-9-10-35-25(21)8-7-24(23)27/h5-8,12,15,17,30H,9-10,13-14,29H2,1-4H3/b22-12-. The van der Waals surface area contributed by atoms with Crippen LogP contribution in [-0.4, -0.2) is 40.1 Å². The van der Waals surface area contributed by atoms with E-state index >= 15 is 0 Å². The number of nitrogens with one attached hydrogen (secondary N) is 1. The molecule has 3 aromatic rings. The Balaban J connectivity index is 1.63. The summed E-state index contributed by atoms with van der Waals surface area (Å²) in [4.78, 5) is 11.3. The van der Waals surface area contributed by atoms with E-state index < -0.39 is 0 Å². The third kappa shape index (κ3) is 5.04. The van der Waals surface area contributed by atoms with Crippen LogP contribution in [0.5, 0.6) is 5.75 Å². The average Bonchev–Trinajstić information content (AvgIpc) is 3.47. The Kier molecular flexibility index (Phi) is 7.15. The molecule has 0 bridgehead atoms. The van der Waals surface area contributed by atoms with Crippen molar-refractivity contribution in [3.8, 4) is 11.8 Å². The molecule has 0 aliphatic carbocycles. The van der Waals surface area contributed by atoms with Crippen LogP contribution in [0.15, 0.2) is 36.7 Å². The molecule has 0 radical (unpaired) electrons. The number of halogens is 1. The van der Waals surface area contributed by atoms with E-state index in [1.807, 2.05) is 44.6 Å². The molecular weight excluding hydrogens is 445 g/mol. The number of rotatable bonds is 8. The van der Waals surface area contributed by atoms with E-state index in [9.17, 15) is 9.65 Å². The molecule has 3 heterocycles. The number of ether oxygens (including phenoxy) is 1. The van der Waals surface area contributed by atoms with Gasteiger partial charge in [0.05, 0.1) is 18.5 Å². The van der Waals surface area contributed by atoms with Gasteiger partial charge in [-0.05, 0) is 46.1 Å². The number of aryl methyl sites for hydroxylation is 1. The van der Waals surface area contributed by atoms with Gasteiger partial charge >= 0.3 is 0 Å². The summed E-state index contributed by atoms with van der Waals surface area (Å²) >= 11 is 0. The summed E-state index contributed by atoms with van der Waals surface area (Å²) in [6, 6.07) is 9.17. The zero-order chi connectivity index (χ0) is 25.1. The molecule has 0 amide bonds. The molecule has 3 N–H and O–H groups in total. The first-order valence-electron chi connectivity index (χ1n) is 11.5. The van der Waals surface area contributed by atoms with Gasteiger partial charge in [0.15, 0.2) is 5.69 Å². The van der Waals surface area contributed by atoms with Gasteiger partial charge in [-0.25, -0.2) is 9.37 Å². The number of nitrogens with zero attached hydrogens (tertiary/aromatic N) is 5. The van der Waals surface area contributed by atoms with Crippen molar-refractivity contribution in [1.82, 2.24) is 24.8 Å². The predicted molar refractivity (Wildman–Crippen MR) is 132 cm³/mol. The minimum atomic E-state index is -0.298. The normalized spacial score (nSPS) is 14.0. The molecule has 1 unspecified atom stereocenters. The number of aromatic nitrogens is 3. The summed E-state index contributed by atoms with van der Waals surface area (Å²) in [5, 5.41) is 12.9. The smallest absolute Gasteiger partial charge is 0.159 e. The maximum atomic E-state index is 14.6. The predicted octanol–water partition coefficient (Wildman–Crippen LogP) is 3.25. The Bertz CT molecular complexity index is 1310. The first-order valence-corrected chi connectivity index (χ1v) is 11.5. The minimum absolute atomic E-state index is 0.264. The number of hydrogen-bond donors (Lipinski definition) is 2. The Morgan fingerprint density at radius 2 is 2.14 bits per heavy atom. The van der Waals surface area contributed by atoms with Gasteiger partial charge in [0.25, 0.3) is 0 Å². The van der Waals surface area contributed by atoms with Gasteiger partial charge < -0.3 is 19.9 Å². The quantitative estimate of drug-likeness (QED) is 0.515. The van der Waals surface area contributed by atoms with Gasteiger partial charge in [0.1, 0.15) is 23.5 Å². The zero-order valence-electron chi connectivity index (χ0n) is 20.5. The number of benzene rings is 1. The molecule has 0 saturated heterocycles. The molecule has 8 nitrogen and oxygen atoms in total. The maximum absolute atomic E-state index is 14.6. The van der Waals surface area contributed by atoms with Crippen LogP contribution in [0.3, 0.4) is 0 Å².